The number of piperidine rings is 1. The second kappa shape index (κ2) is 8.65. The molecule has 30 heavy (non-hydrogen) atoms. The molecule has 0 N–H and O–H groups in total. The number of hydrogen-bond donors (Lipinski definition) is 0. The zero-order valence-corrected chi connectivity index (χ0v) is 17.2. The lowest BCUT2D eigenvalue weighted by atomic mass is 9.93. The zero-order chi connectivity index (χ0) is 21.1. The number of aryl methyl sites for hydroxylation is 1. The molecule has 1 fully saturated rings. The highest BCUT2D eigenvalue weighted by atomic mass is 19.1. The number of rotatable bonds is 5. The van der Waals surface area contributed by atoms with Gasteiger partial charge in [0.15, 0.2) is 0 Å². The lowest BCUT2D eigenvalue weighted by Crippen LogP contribution is -2.47. The molecule has 156 valence electrons. The van der Waals surface area contributed by atoms with Crippen molar-refractivity contribution < 1.29 is 13.9 Å². The van der Waals surface area contributed by atoms with Gasteiger partial charge in [0.2, 0.25) is 0 Å². The van der Waals surface area contributed by atoms with Crippen molar-refractivity contribution in [3.05, 3.63) is 71.8 Å². The Morgan fingerprint density at radius 2 is 1.97 bits per heavy atom. The van der Waals surface area contributed by atoms with E-state index in [2.05, 4.69) is 17.1 Å². The highest BCUT2D eigenvalue weighted by Crippen LogP contribution is 2.27. The van der Waals surface area contributed by atoms with E-state index < -0.39 is 0 Å². The third-order valence-electron chi connectivity index (χ3n) is 5.54. The molecule has 3 aromatic rings. The Bertz CT molecular complexity index is 1020. The average molecular weight is 408 g/mol. The molecule has 2 heterocycles. The fraction of sp³-hybridized carbons (Fsp3) is 0.348. The van der Waals surface area contributed by atoms with Gasteiger partial charge in [-0.1, -0.05) is 17.7 Å². The van der Waals surface area contributed by atoms with Gasteiger partial charge < -0.3 is 9.64 Å². The van der Waals surface area contributed by atoms with E-state index in [1.165, 1.54) is 16.9 Å². The van der Waals surface area contributed by atoms with E-state index in [0.717, 1.165) is 18.4 Å². The summed E-state index contributed by atoms with van der Waals surface area (Å²) in [6.45, 7) is 5.08. The first-order chi connectivity index (χ1) is 14.5. The molecule has 2 aromatic carbocycles. The molecule has 1 unspecified atom stereocenters. The van der Waals surface area contributed by atoms with Crippen LogP contribution in [0.4, 0.5) is 4.39 Å². The van der Waals surface area contributed by atoms with Gasteiger partial charge in [0, 0.05) is 24.6 Å². The van der Waals surface area contributed by atoms with Gasteiger partial charge in [-0.15, -0.1) is 0 Å². The van der Waals surface area contributed by atoms with E-state index in [9.17, 15) is 9.18 Å². The molecule has 1 amide bonds. The highest BCUT2D eigenvalue weighted by molar-refractivity contribution is 5.98. The predicted molar refractivity (Wildman–Crippen MR) is 111 cm³/mol. The molecule has 6 nitrogen and oxygen atoms in total. The minimum atomic E-state index is -0.319. The Morgan fingerprint density at radius 1 is 1.17 bits per heavy atom. The van der Waals surface area contributed by atoms with Crippen LogP contribution in [0.3, 0.4) is 0 Å². The van der Waals surface area contributed by atoms with Crippen molar-refractivity contribution in [2.45, 2.75) is 32.7 Å². The van der Waals surface area contributed by atoms with Gasteiger partial charge in [0.05, 0.1) is 30.3 Å². The fourth-order valence-corrected chi connectivity index (χ4v) is 3.86. The summed E-state index contributed by atoms with van der Waals surface area (Å²) in [6.07, 6.45) is 5.04. The number of halogens is 1. The largest absolute Gasteiger partial charge is 0.493 e. The summed E-state index contributed by atoms with van der Waals surface area (Å²) in [5.41, 5.74) is 2.26. The lowest BCUT2D eigenvalue weighted by molar-refractivity contribution is 0.0505. The smallest absolute Gasteiger partial charge is 0.256 e. The van der Waals surface area contributed by atoms with E-state index in [4.69, 9.17) is 4.74 Å². The summed E-state index contributed by atoms with van der Waals surface area (Å²) >= 11 is 0. The summed E-state index contributed by atoms with van der Waals surface area (Å²) < 4.78 is 19.2. The first-order valence-electron chi connectivity index (χ1n) is 10.2. The number of aromatic nitrogens is 3. The highest BCUT2D eigenvalue weighted by Gasteiger charge is 2.31. The summed E-state index contributed by atoms with van der Waals surface area (Å²) in [7, 11) is 0. The zero-order valence-electron chi connectivity index (χ0n) is 17.2. The van der Waals surface area contributed by atoms with Gasteiger partial charge in [-0.3, -0.25) is 4.79 Å². The molecule has 1 aliphatic rings. The lowest BCUT2D eigenvalue weighted by Gasteiger charge is -2.38. The third-order valence-corrected chi connectivity index (χ3v) is 5.54. The number of carbonyl (C=O) groups excluding carboxylic acids is 1. The van der Waals surface area contributed by atoms with Crippen molar-refractivity contribution in [3.63, 3.8) is 0 Å². The number of ether oxygens (including phenoxy) is 1. The van der Waals surface area contributed by atoms with Crippen molar-refractivity contribution in [1.29, 1.82) is 0 Å². The SMILES string of the molecule is Cc1ccc(-n2nccn2)c(C(=O)N2CC(COc3cccc(F)c3)CC[C@@H]2C)c1. The van der Waals surface area contributed by atoms with E-state index in [-0.39, 0.29) is 23.7 Å². The van der Waals surface area contributed by atoms with Crippen LogP contribution in [0.25, 0.3) is 5.69 Å². The molecular weight excluding hydrogens is 383 g/mol. The van der Waals surface area contributed by atoms with Crippen molar-refractivity contribution in [2.24, 2.45) is 5.92 Å². The van der Waals surface area contributed by atoms with E-state index in [0.29, 0.717) is 30.2 Å². The van der Waals surface area contributed by atoms with Gasteiger partial charge in [0.25, 0.3) is 5.91 Å². The van der Waals surface area contributed by atoms with Crippen LogP contribution in [0.2, 0.25) is 0 Å². The first-order valence-corrected chi connectivity index (χ1v) is 10.2. The minimum absolute atomic E-state index is 0.0334. The van der Waals surface area contributed by atoms with E-state index in [1.54, 1.807) is 24.5 Å². The standard InChI is InChI=1S/C23H25FN4O2/c1-16-6-9-22(28-25-10-11-26-28)21(12-16)23(29)27-14-18(8-7-17(27)2)15-30-20-5-3-4-19(24)13-20/h3-6,9-13,17-18H,7-8,14-15H2,1-2H3/t17-,18?/m0/s1. The monoisotopic (exact) mass is 408 g/mol. The Hall–Kier alpha value is -3.22. The van der Waals surface area contributed by atoms with Crippen molar-refractivity contribution in [1.82, 2.24) is 19.9 Å². The molecule has 1 aliphatic heterocycles. The van der Waals surface area contributed by atoms with Crippen LogP contribution in [-0.4, -0.2) is 45.0 Å². The molecule has 0 saturated carbocycles. The Labute approximate surface area is 175 Å². The maximum Gasteiger partial charge on any atom is 0.256 e. The first kappa shape index (κ1) is 20.1. The number of likely N-dealkylation sites (tertiary alicyclic amines) is 1. The summed E-state index contributed by atoms with van der Waals surface area (Å²) in [6, 6.07) is 12.0. The molecule has 4 rings (SSSR count). The Balaban J connectivity index is 1.51. The Kier molecular flexibility index (Phi) is 5.79. The Morgan fingerprint density at radius 3 is 2.73 bits per heavy atom. The summed E-state index contributed by atoms with van der Waals surface area (Å²) in [5.74, 6) is 0.344. The molecular formula is C23H25FN4O2. The molecule has 0 radical (unpaired) electrons. The van der Waals surface area contributed by atoms with Crippen molar-refractivity contribution in [3.8, 4) is 11.4 Å². The predicted octanol–water partition coefficient (Wildman–Crippen LogP) is 4.03. The third kappa shape index (κ3) is 4.35. The van der Waals surface area contributed by atoms with Gasteiger partial charge in [-0.2, -0.15) is 15.0 Å². The number of benzene rings is 2. The van der Waals surface area contributed by atoms with Crippen molar-refractivity contribution >= 4 is 5.91 Å². The van der Waals surface area contributed by atoms with Gasteiger partial charge in [-0.25, -0.2) is 4.39 Å². The summed E-state index contributed by atoms with van der Waals surface area (Å²) in [4.78, 5) is 16.9. The molecule has 0 aliphatic carbocycles. The molecule has 0 spiro atoms. The molecule has 1 saturated heterocycles. The number of amides is 1. The molecule has 1 aromatic heterocycles. The maximum absolute atomic E-state index is 13.5. The van der Waals surface area contributed by atoms with Gasteiger partial charge in [0.1, 0.15) is 11.6 Å². The fourth-order valence-electron chi connectivity index (χ4n) is 3.86. The van der Waals surface area contributed by atoms with E-state index >= 15 is 0 Å². The van der Waals surface area contributed by atoms with Crippen LogP contribution in [0, 0.1) is 18.7 Å². The molecule has 7 heteroatoms. The van der Waals surface area contributed by atoms with Crippen LogP contribution >= 0.6 is 0 Å². The van der Waals surface area contributed by atoms with Gasteiger partial charge >= 0.3 is 0 Å². The quantitative estimate of drug-likeness (QED) is 0.639. The van der Waals surface area contributed by atoms with E-state index in [1.807, 2.05) is 30.0 Å². The van der Waals surface area contributed by atoms with Crippen LogP contribution < -0.4 is 4.74 Å². The number of nitrogens with zero attached hydrogens (tertiary/aromatic N) is 4. The minimum Gasteiger partial charge on any atom is -0.493 e. The topological polar surface area (TPSA) is 60.2 Å². The van der Waals surface area contributed by atoms with Crippen molar-refractivity contribution in [2.75, 3.05) is 13.2 Å². The normalized spacial score (nSPS) is 19.0. The van der Waals surface area contributed by atoms with Crippen LogP contribution in [0.5, 0.6) is 5.75 Å². The summed E-state index contributed by atoms with van der Waals surface area (Å²) in [5, 5.41) is 8.39. The maximum atomic E-state index is 13.5. The van der Waals surface area contributed by atoms with Crippen LogP contribution in [-0.2, 0) is 0 Å². The molecule has 0 bridgehead atoms. The van der Waals surface area contributed by atoms with Gasteiger partial charge in [-0.05, 0) is 51.0 Å². The van der Waals surface area contributed by atoms with Crippen LogP contribution in [0.15, 0.2) is 54.9 Å². The second-order valence-electron chi connectivity index (χ2n) is 7.86. The van der Waals surface area contributed by atoms with Crippen LogP contribution in [0.1, 0.15) is 35.7 Å². The second-order valence-corrected chi connectivity index (χ2v) is 7.86. The number of hydrogen-bond acceptors (Lipinski definition) is 4. The number of carbonyl (C=O) groups is 1. The molecule has 2 atom stereocenters. The average Bonchev–Trinajstić information content (AvgIpc) is 3.27.